The molecule has 0 aliphatic carbocycles. The molecule has 16 heavy (non-hydrogen) atoms. The standard InChI is InChI=1S/C11H11NO4/c1-15-8-4-2-7(3-5-8)10-12-9(6-16-10)11(13)14/h2-5,9H,6H2,1H3,(H,13,14). The average molecular weight is 221 g/mol. The number of aliphatic carboxylic acids is 1. The lowest BCUT2D eigenvalue weighted by Crippen LogP contribution is -2.18. The fraction of sp³-hybridized carbons (Fsp3) is 0.273. The van der Waals surface area contributed by atoms with E-state index in [0.29, 0.717) is 5.90 Å². The van der Waals surface area contributed by atoms with Crippen molar-refractivity contribution in [3.8, 4) is 5.75 Å². The third-order valence-electron chi connectivity index (χ3n) is 2.27. The fourth-order valence-corrected chi connectivity index (χ4v) is 1.39. The molecule has 1 heterocycles. The summed E-state index contributed by atoms with van der Waals surface area (Å²) in [7, 11) is 1.58. The zero-order valence-corrected chi connectivity index (χ0v) is 8.71. The van der Waals surface area contributed by atoms with E-state index in [1.807, 2.05) is 0 Å². The van der Waals surface area contributed by atoms with Crippen molar-refractivity contribution < 1.29 is 19.4 Å². The van der Waals surface area contributed by atoms with Gasteiger partial charge in [-0.1, -0.05) is 0 Å². The molecule has 0 radical (unpaired) electrons. The fourth-order valence-electron chi connectivity index (χ4n) is 1.39. The number of aliphatic imine (C=N–C) groups is 1. The molecule has 0 fully saturated rings. The van der Waals surface area contributed by atoms with Gasteiger partial charge in [0.25, 0.3) is 0 Å². The summed E-state index contributed by atoms with van der Waals surface area (Å²) < 4.78 is 10.2. The Morgan fingerprint density at radius 2 is 2.19 bits per heavy atom. The molecular formula is C11H11NO4. The van der Waals surface area contributed by atoms with Crippen molar-refractivity contribution in [2.24, 2.45) is 4.99 Å². The van der Waals surface area contributed by atoms with E-state index >= 15 is 0 Å². The lowest BCUT2D eigenvalue weighted by molar-refractivity contribution is -0.138. The maximum Gasteiger partial charge on any atom is 0.332 e. The zero-order chi connectivity index (χ0) is 11.5. The lowest BCUT2D eigenvalue weighted by atomic mass is 10.2. The molecule has 5 nitrogen and oxygen atoms in total. The summed E-state index contributed by atoms with van der Waals surface area (Å²) in [6, 6.07) is 6.31. The minimum atomic E-state index is -0.969. The van der Waals surface area contributed by atoms with Gasteiger partial charge in [-0.3, -0.25) is 0 Å². The Labute approximate surface area is 92.3 Å². The van der Waals surface area contributed by atoms with Gasteiger partial charge in [-0.2, -0.15) is 0 Å². The minimum Gasteiger partial charge on any atom is -0.497 e. The van der Waals surface area contributed by atoms with Crippen LogP contribution in [0.5, 0.6) is 5.75 Å². The van der Waals surface area contributed by atoms with Gasteiger partial charge in [-0.05, 0) is 24.3 Å². The van der Waals surface area contributed by atoms with Gasteiger partial charge in [-0.15, -0.1) is 0 Å². The number of carbonyl (C=O) groups is 1. The van der Waals surface area contributed by atoms with Crippen LogP contribution in [-0.2, 0) is 9.53 Å². The summed E-state index contributed by atoms with van der Waals surface area (Å²) in [4.78, 5) is 14.6. The van der Waals surface area contributed by atoms with Crippen LogP contribution in [0.25, 0.3) is 0 Å². The van der Waals surface area contributed by atoms with Gasteiger partial charge >= 0.3 is 5.97 Å². The number of hydrogen-bond donors (Lipinski definition) is 1. The number of hydrogen-bond acceptors (Lipinski definition) is 4. The van der Waals surface area contributed by atoms with Crippen LogP contribution in [0, 0.1) is 0 Å². The number of carboxylic acids is 1. The van der Waals surface area contributed by atoms with E-state index in [2.05, 4.69) is 4.99 Å². The summed E-state index contributed by atoms with van der Waals surface area (Å²) in [5, 5.41) is 8.75. The first-order valence-corrected chi connectivity index (χ1v) is 4.78. The predicted octanol–water partition coefficient (Wildman–Crippen LogP) is 0.925. The highest BCUT2D eigenvalue weighted by atomic mass is 16.5. The summed E-state index contributed by atoms with van der Waals surface area (Å²) >= 11 is 0. The molecule has 0 spiro atoms. The molecule has 0 saturated heterocycles. The predicted molar refractivity (Wildman–Crippen MR) is 56.9 cm³/mol. The molecule has 1 aromatic carbocycles. The van der Waals surface area contributed by atoms with Crippen molar-refractivity contribution in [1.29, 1.82) is 0 Å². The Morgan fingerprint density at radius 1 is 1.50 bits per heavy atom. The van der Waals surface area contributed by atoms with Crippen molar-refractivity contribution in [3.63, 3.8) is 0 Å². The van der Waals surface area contributed by atoms with Crippen molar-refractivity contribution in [2.75, 3.05) is 13.7 Å². The molecule has 5 heteroatoms. The Morgan fingerprint density at radius 3 is 2.69 bits per heavy atom. The van der Waals surface area contributed by atoms with Crippen LogP contribution in [0.1, 0.15) is 5.56 Å². The third-order valence-corrected chi connectivity index (χ3v) is 2.27. The minimum absolute atomic E-state index is 0.0939. The third kappa shape index (κ3) is 1.98. The van der Waals surface area contributed by atoms with Crippen LogP contribution < -0.4 is 4.74 Å². The summed E-state index contributed by atoms with van der Waals surface area (Å²) in [5.41, 5.74) is 0.754. The maximum absolute atomic E-state index is 10.7. The Hall–Kier alpha value is -2.04. The van der Waals surface area contributed by atoms with Gasteiger partial charge < -0.3 is 14.6 Å². The Bertz CT molecular complexity index is 424. The molecule has 0 aromatic heterocycles. The molecule has 1 aliphatic rings. The molecule has 0 saturated carbocycles. The molecule has 1 aliphatic heterocycles. The SMILES string of the molecule is COc1ccc(C2=NC(C(=O)O)CO2)cc1. The quantitative estimate of drug-likeness (QED) is 0.824. The smallest absolute Gasteiger partial charge is 0.332 e. The molecule has 1 N–H and O–H groups in total. The molecular weight excluding hydrogens is 210 g/mol. The van der Waals surface area contributed by atoms with Crippen LogP contribution >= 0.6 is 0 Å². The van der Waals surface area contributed by atoms with Gasteiger partial charge in [0.15, 0.2) is 6.04 Å². The van der Waals surface area contributed by atoms with Crippen LogP contribution in [0.4, 0.5) is 0 Å². The number of carboxylic acid groups (broad SMARTS) is 1. The number of nitrogens with zero attached hydrogens (tertiary/aromatic N) is 1. The lowest BCUT2D eigenvalue weighted by Gasteiger charge is -2.02. The van der Waals surface area contributed by atoms with Crippen molar-refractivity contribution in [1.82, 2.24) is 0 Å². The van der Waals surface area contributed by atoms with E-state index in [0.717, 1.165) is 11.3 Å². The van der Waals surface area contributed by atoms with Crippen molar-refractivity contribution in [2.45, 2.75) is 6.04 Å². The first-order chi connectivity index (χ1) is 7.70. The van der Waals surface area contributed by atoms with Gasteiger partial charge in [0, 0.05) is 5.56 Å². The van der Waals surface area contributed by atoms with E-state index < -0.39 is 12.0 Å². The molecule has 0 amide bonds. The second kappa shape index (κ2) is 4.22. The summed E-state index contributed by atoms with van der Waals surface area (Å²) in [6.07, 6.45) is 0. The van der Waals surface area contributed by atoms with E-state index in [4.69, 9.17) is 14.6 Å². The highest BCUT2D eigenvalue weighted by Gasteiger charge is 2.25. The number of ether oxygens (including phenoxy) is 2. The van der Waals surface area contributed by atoms with Crippen LogP contribution in [0.2, 0.25) is 0 Å². The normalized spacial score (nSPS) is 18.8. The topological polar surface area (TPSA) is 68.1 Å². The molecule has 84 valence electrons. The zero-order valence-electron chi connectivity index (χ0n) is 8.71. The van der Waals surface area contributed by atoms with Gasteiger partial charge in [-0.25, -0.2) is 9.79 Å². The van der Waals surface area contributed by atoms with Crippen LogP contribution in [0.3, 0.4) is 0 Å². The highest BCUT2D eigenvalue weighted by Crippen LogP contribution is 2.16. The van der Waals surface area contributed by atoms with E-state index in [1.165, 1.54) is 0 Å². The molecule has 0 bridgehead atoms. The van der Waals surface area contributed by atoms with Crippen molar-refractivity contribution >= 4 is 11.9 Å². The second-order valence-electron chi connectivity index (χ2n) is 3.33. The summed E-state index contributed by atoms with van der Waals surface area (Å²) in [5.74, 6) is 0.135. The molecule has 1 unspecified atom stereocenters. The van der Waals surface area contributed by atoms with E-state index in [9.17, 15) is 4.79 Å². The van der Waals surface area contributed by atoms with E-state index in [-0.39, 0.29) is 6.61 Å². The van der Waals surface area contributed by atoms with Crippen LogP contribution in [0.15, 0.2) is 29.3 Å². The van der Waals surface area contributed by atoms with E-state index in [1.54, 1.807) is 31.4 Å². The Balaban J connectivity index is 2.19. The largest absolute Gasteiger partial charge is 0.497 e. The molecule has 2 rings (SSSR count). The highest BCUT2D eigenvalue weighted by molar-refractivity contribution is 5.97. The summed E-state index contributed by atoms with van der Waals surface area (Å²) in [6.45, 7) is 0.0939. The Kier molecular flexibility index (Phi) is 2.76. The number of methoxy groups -OCH3 is 1. The maximum atomic E-state index is 10.7. The van der Waals surface area contributed by atoms with Crippen molar-refractivity contribution in [3.05, 3.63) is 29.8 Å². The number of rotatable bonds is 3. The first kappa shape index (κ1) is 10.5. The van der Waals surface area contributed by atoms with Gasteiger partial charge in [0.05, 0.1) is 7.11 Å². The average Bonchev–Trinajstić information content (AvgIpc) is 2.78. The molecule has 1 atom stereocenters. The van der Waals surface area contributed by atoms with Gasteiger partial charge in [0.1, 0.15) is 12.4 Å². The first-order valence-electron chi connectivity index (χ1n) is 4.78. The second-order valence-corrected chi connectivity index (χ2v) is 3.33. The van der Waals surface area contributed by atoms with Crippen LogP contribution in [-0.4, -0.2) is 36.7 Å². The molecule has 1 aromatic rings. The van der Waals surface area contributed by atoms with Gasteiger partial charge in [0.2, 0.25) is 5.90 Å². The number of benzene rings is 1. The monoisotopic (exact) mass is 221 g/mol.